The third-order valence-electron chi connectivity index (χ3n) is 3.87. The molecule has 0 aromatic heterocycles. The fraction of sp³-hybridized carbons (Fsp3) is 0.625. The van der Waals surface area contributed by atoms with E-state index in [1.165, 1.54) is 7.11 Å². The molecule has 0 amide bonds. The number of methoxy groups -OCH3 is 1. The normalized spacial score (nSPS) is 19.9. The minimum Gasteiger partial charge on any atom is -0.497 e. The zero-order valence-electron chi connectivity index (χ0n) is 14.1. The van der Waals surface area contributed by atoms with Gasteiger partial charge in [-0.05, 0) is 32.3 Å². The van der Waals surface area contributed by atoms with E-state index in [4.69, 9.17) is 9.47 Å². The van der Waals surface area contributed by atoms with Crippen molar-refractivity contribution in [2.75, 3.05) is 59.7 Å². The smallest absolute Gasteiger partial charge is 0.179 e. The van der Waals surface area contributed by atoms with Crippen molar-refractivity contribution < 1.29 is 17.9 Å². The molecule has 1 aliphatic heterocycles. The van der Waals surface area contributed by atoms with Gasteiger partial charge in [0.1, 0.15) is 5.75 Å². The third kappa shape index (κ3) is 5.46. The molecule has 0 spiro atoms. The summed E-state index contributed by atoms with van der Waals surface area (Å²) in [5, 5.41) is 0. The molecule has 0 radical (unpaired) electrons. The standard InChI is InChI=1S/C16H26N2O4S/c1-17(2)12-15-13-18(7-9-22-15)8-10-23(19,20)16-6-4-5-14(11-16)21-3/h4-6,11,15H,7-10,12-13H2,1-3H3/t15-/m0/s1. The van der Waals surface area contributed by atoms with Gasteiger partial charge in [-0.1, -0.05) is 6.07 Å². The summed E-state index contributed by atoms with van der Waals surface area (Å²) >= 11 is 0. The summed E-state index contributed by atoms with van der Waals surface area (Å²) in [6, 6.07) is 6.63. The number of rotatable bonds is 7. The van der Waals surface area contributed by atoms with Gasteiger partial charge in [-0.15, -0.1) is 0 Å². The second-order valence-corrected chi connectivity index (χ2v) is 8.16. The summed E-state index contributed by atoms with van der Waals surface area (Å²) in [4.78, 5) is 4.56. The Hall–Kier alpha value is -1.15. The van der Waals surface area contributed by atoms with E-state index in [9.17, 15) is 8.42 Å². The van der Waals surface area contributed by atoms with Crippen molar-refractivity contribution >= 4 is 9.84 Å². The van der Waals surface area contributed by atoms with Gasteiger partial charge in [0.2, 0.25) is 0 Å². The minimum atomic E-state index is -3.31. The third-order valence-corrected chi connectivity index (χ3v) is 5.56. The van der Waals surface area contributed by atoms with Crippen molar-refractivity contribution in [3.05, 3.63) is 24.3 Å². The Kier molecular flexibility index (Phi) is 6.41. The van der Waals surface area contributed by atoms with Crippen LogP contribution < -0.4 is 4.74 Å². The lowest BCUT2D eigenvalue weighted by Gasteiger charge is -2.34. The molecule has 23 heavy (non-hydrogen) atoms. The van der Waals surface area contributed by atoms with Gasteiger partial charge >= 0.3 is 0 Å². The molecule has 0 aliphatic carbocycles. The number of benzene rings is 1. The number of sulfone groups is 1. The highest BCUT2D eigenvalue weighted by Crippen LogP contribution is 2.18. The molecule has 1 aromatic rings. The highest BCUT2D eigenvalue weighted by atomic mass is 32.2. The van der Waals surface area contributed by atoms with Crippen LogP contribution in [-0.2, 0) is 14.6 Å². The largest absolute Gasteiger partial charge is 0.497 e. The van der Waals surface area contributed by atoms with Gasteiger partial charge in [0, 0.05) is 26.2 Å². The first-order valence-corrected chi connectivity index (χ1v) is 9.41. The molecule has 0 saturated carbocycles. The van der Waals surface area contributed by atoms with Gasteiger partial charge in [0.15, 0.2) is 9.84 Å². The maximum Gasteiger partial charge on any atom is 0.179 e. The Balaban J connectivity index is 1.93. The summed E-state index contributed by atoms with van der Waals surface area (Å²) in [5.74, 6) is 0.665. The number of likely N-dealkylation sites (N-methyl/N-ethyl adjacent to an activating group) is 1. The zero-order valence-corrected chi connectivity index (χ0v) is 14.9. The highest BCUT2D eigenvalue weighted by molar-refractivity contribution is 7.91. The Morgan fingerprint density at radius 2 is 2.17 bits per heavy atom. The fourth-order valence-electron chi connectivity index (χ4n) is 2.66. The van der Waals surface area contributed by atoms with E-state index in [2.05, 4.69) is 9.80 Å². The van der Waals surface area contributed by atoms with E-state index >= 15 is 0 Å². The SMILES string of the molecule is COc1cccc(S(=O)(=O)CCN2CCO[C@@H](CN(C)C)C2)c1. The van der Waals surface area contributed by atoms with E-state index in [0.29, 0.717) is 23.8 Å². The summed E-state index contributed by atoms with van der Waals surface area (Å²) in [7, 11) is 2.25. The van der Waals surface area contributed by atoms with Gasteiger partial charge in [-0.25, -0.2) is 8.42 Å². The highest BCUT2D eigenvalue weighted by Gasteiger charge is 2.23. The zero-order chi connectivity index (χ0) is 16.9. The van der Waals surface area contributed by atoms with E-state index in [-0.39, 0.29) is 11.9 Å². The van der Waals surface area contributed by atoms with Crippen LogP contribution in [0.2, 0.25) is 0 Å². The molecular weight excluding hydrogens is 316 g/mol. The predicted octanol–water partition coefficient (Wildman–Crippen LogP) is 0.731. The molecule has 1 saturated heterocycles. The lowest BCUT2D eigenvalue weighted by atomic mass is 10.2. The number of hydrogen-bond acceptors (Lipinski definition) is 6. The fourth-order valence-corrected chi connectivity index (χ4v) is 3.98. The monoisotopic (exact) mass is 342 g/mol. The predicted molar refractivity (Wildman–Crippen MR) is 89.8 cm³/mol. The summed E-state index contributed by atoms with van der Waals surface area (Å²) in [6.45, 7) is 3.56. The average Bonchev–Trinajstić information content (AvgIpc) is 2.53. The topological polar surface area (TPSA) is 59.1 Å². The lowest BCUT2D eigenvalue weighted by molar-refractivity contribution is -0.0361. The van der Waals surface area contributed by atoms with Crippen LogP contribution >= 0.6 is 0 Å². The Labute approximate surface area is 138 Å². The maximum absolute atomic E-state index is 12.5. The molecule has 6 nitrogen and oxygen atoms in total. The van der Waals surface area contributed by atoms with Crippen LogP contribution in [-0.4, -0.2) is 84.1 Å². The molecule has 130 valence electrons. The molecule has 0 bridgehead atoms. The van der Waals surface area contributed by atoms with Crippen molar-refractivity contribution in [3.63, 3.8) is 0 Å². The molecule has 1 aromatic carbocycles. The molecule has 1 atom stereocenters. The van der Waals surface area contributed by atoms with E-state index in [1.54, 1.807) is 24.3 Å². The van der Waals surface area contributed by atoms with Crippen molar-refractivity contribution in [2.45, 2.75) is 11.0 Å². The van der Waals surface area contributed by atoms with Crippen molar-refractivity contribution in [3.8, 4) is 5.75 Å². The van der Waals surface area contributed by atoms with Gasteiger partial charge < -0.3 is 14.4 Å². The summed E-state index contributed by atoms with van der Waals surface area (Å²) in [6.07, 6.45) is 0.137. The number of nitrogens with zero attached hydrogens (tertiary/aromatic N) is 2. The van der Waals surface area contributed by atoms with Crippen molar-refractivity contribution in [2.24, 2.45) is 0 Å². The van der Waals surface area contributed by atoms with Crippen LogP contribution in [0.4, 0.5) is 0 Å². The second kappa shape index (κ2) is 8.10. The quantitative estimate of drug-likeness (QED) is 0.728. The van der Waals surface area contributed by atoms with E-state index in [1.807, 2.05) is 14.1 Å². The maximum atomic E-state index is 12.5. The minimum absolute atomic E-state index is 0.106. The average molecular weight is 342 g/mol. The molecule has 0 unspecified atom stereocenters. The molecule has 1 fully saturated rings. The van der Waals surface area contributed by atoms with Crippen LogP contribution in [0.15, 0.2) is 29.2 Å². The van der Waals surface area contributed by atoms with Gasteiger partial charge in [0.05, 0.1) is 30.5 Å². The molecule has 1 heterocycles. The summed E-state index contributed by atoms with van der Waals surface area (Å²) < 4.78 is 35.8. The molecule has 1 aliphatic rings. The second-order valence-electron chi connectivity index (χ2n) is 6.05. The lowest BCUT2D eigenvalue weighted by Crippen LogP contribution is -2.47. The van der Waals surface area contributed by atoms with Crippen LogP contribution in [0, 0.1) is 0 Å². The molecule has 2 rings (SSSR count). The Morgan fingerprint density at radius 1 is 1.39 bits per heavy atom. The van der Waals surface area contributed by atoms with E-state index < -0.39 is 9.84 Å². The first-order valence-electron chi connectivity index (χ1n) is 7.76. The number of morpholine rings is 1. The number of hydrogen-bond donors (Lipinski definition) is 0. The molecule has 7 heteroatoms. The van der Waals surface area contributed by atoms with Crippen LogP contribution in [0.5, 0.6) is 5.75 Å². The van der Waals surface area contributed by atoms with Crippen LogP contribution in [0.3, 0.4) is 0 Å². The van der Waals surface area contributed by atoms with Crippen molar-refractivity contribution in [1.29, 1.82) is 0 Å². The van der Waals surface area contributed by atoms with Crippen molar-refractivity contribution in [1.82, 2.24) is 9.80 Å². The Morgan fingerprint density at radius 3 is 2.87 bits per heavy atom. The number of ether oxygens (including phenoxy) is 2. The van der Waals surface area contributed by atoms with Crippen LogP contribution in [0.25, 0.3) is 0 Å². The van der Waals surface area contributed by atoms with Gasteiger partial charge in [0.25, 0.3) is 0 Å². The Bertz CT molecular complexity index is 604. The molecular formula is C16H26N2O4S. The van der Waals surface area contributed by atoms with Gasteiger partial charge in [-0.3, -0.25) is 4.90 Å². The van der Waals surface area contributed by atoms with E-state index in [0.717, 1.165) is 19.6 Å². The molecule has 0 N–H and O–H groups in total. The summed E-state index contributed by atoms with van der Waals surface area (Å²) in [5.41, 5.74) is 0. The van der Waals surface area contributed by atoms with Gasteiger partial charge in [-0.2, -0.15) is 0 Å². The van der Waals surface area contributed by atoms with Crippen LogP contribution in [0.1, 0.15) is 0 Å². The first-order chi connectivity index (χ1) is 10.9. The first kappa shape index (κ1) is 18.2.